The van der Waals surface area contributed by atoms with E-state index in [1.165, 1.54) is 18.4 Å². The van der Waals surface area contributed by atoms with E-state index >= 15 is 0 Å². The van der Waals surface area contributed by atoms with Crippen LogP contribution >= 0.6 is 22.9 Å². The van der Waals surface area contributed by atoms with Crippen LogP contribution in [-0.2, 0) is 16.1 Å². The molecule has 1 atom stereocenters. The molecule has 4 aromatic carbocycles. The van der Waals surface area contributed by atoms with Gasteiger partial charge in [0.1, 0.15) is 6.61 Å². The van der Waals surface area contributed by atoms with Crippen LogP contribution in [-0.4, -0.2) is 38.0 Å². The molecule has 50 heavy (non-hydrogen) atoms. The van der Waals surface area contributed by atoms with E-state index in [9.17, 15) is 9.59 Å². The fourth-order valence-corrected chi connectivity index (χ4v) is 6.89. The third kappa shape index (κ3) is 7.03. The van der Waals surface area contributed by atoms with Crippen LogP contribution < -0.4 is 33.8 Å². The molecule has 0 unspecified atom stereocenters. The van der Waals surface area contributed by atoms with Gasteiger partial charge in [-0.2, -0.15) is 0 Å². The Balaban J connectivity index is 1.51. The van der Waals surface area contributed by atoms with Crippen LogP contribution in [0.25, 0.3) is 11.8 Å². The number of hydrogen-bond acceptors (Lipinski definition) is 9. The molecule has 1 aliphatic heterocycles. The summed E-state index contributed by atoms with van der Waals surface area (Å²) in [7, 11) is 3.08. The van der Waals surface area contributed by atoms with Gasteiger partial charge in [0, 0.05) is 16.1 Å². The molecule has 1 aromatic heterocycles. The summed E-state index contributed by atoms with van der Waals surface area (Å²) in [6, 6.07) is 26.8. The summed E-state index contributed by atoms with van der Waals surface area (Å²) in [5, 5.41) is 0.616. The normalized spacial score (nSPS) is 14.1. The minimum absolute atomic E-state index is 0.147. The lowest BCUT2D eigenvalue weighted by Crippen LogP contribution is -2.40. The number of thiazole rings is 1. The number of fused-ring (bicyclic) bond motifs is 1. The van der Waals surface area contributed by atoms with E-state index in [4.69, 9.17) is 40.3 Å². The molecule has 0 bridgehead atoms. The Morgan fingerprint density at radius 3 is 2.32 bits per heavy atom. The van der Waals surface area contributed by atoms with Gasteiger partial charge in [-0.1, -0.05) is 83.6 Å². The number of nitrogens with zero attached hydrogens (tertiary/aromatic N) is 2. The highest BCUT2D eigenvalue weighted by molar-refractivity contribution is 7.07. The summed E-state index contributed by atoms with van der Waals surface area (Å²) in [4.78, 5) is 33.6. The summed E-state index contributed by atoms with van der Waals surface area (Å²) in [6.07, 6.45) is 1.78. The molecule has 1 aliphatic rings. The number of carbonyl (C=O) groups excluding carboxylic acids is 1. The van der Waals surface area contributed by atoms with E-state index in [-0.39, 0.29) is 24.3 Å². The van der Waals surface area contributed by atoms with Crippen molar-refractivity contribution < 1.29 is 28.5 Å². The number of benzene rings is 4. The van der Waals surface area contributed by atoms with Gasteiger partial charge in [-0.3, -0.25) is 9.36 Å². The lowest BCUT2D eigenvalue weighted by Gasteiger charge is -2.26. The van der Waals surface area contributed by atoms with Gasteiger partial charge in [-0.25, -0.2) is 9.79 Å². The van der Waals surface area contributed by atoms with Crippen LogP contribution in [0.4, 0.5) is 0 Å². The molecule has 0 N–H and O–H groups in total. The summed E-state index contributed by atoms with van der Waals surface area (Å²) in [5.74, 6) is 1.47. The molecule has 0 saturated carbocycles. The summed E-state index contributed by atoms with van der Waals surface area (Å²) >= 11 is 7.56. The molecular formula is C39H35ClN2O7S. The molecule has 0 amide bonds. The molecule has 0 radical (unpaired) electrons. The highest BCUT2D eigenvalue weighted by Crippen LogP contribution is 2.38. The van der Waals surface area contributed by atoms with Crippen LogP contribution in [0.15, 0.2) is 106 Å². The third-order valence-electron chi connectivity index (χ3n) is 8.00. The quantitative estimate of drug-likeness (QED) is 0.135. The monoisotopic (exact) mass is 710 g/mol. The summed E-state index contributed by atoms with van der Waals surface area (Å²) in [6.45, 7) is 4.46. The zero-order valence-corrected chi connectivity index (χ0v) is 29.5. The number of halogens is 1. The molecule has 9 nitrogen and oxygen atoms in total. The molecule has 6 rings (SSSR count). The Labute approximate surface area is 298 Å². The first-order valence-electron chi connectivity index (χ1n) is 16.0. The fourth-order valence-electron chi connectivity index (χ4n) is 5.70. The first kappa shape index (κ1) is 34.5. The molecule has 11 heteroatoms. The molecule has 0 spiro atoms. The Bertz CT molecular complexity index is 2240. The zero-order valence-electron chi connectivity index (χ0n) is 28.0. The van der Waals surface area contributed by atoms with Crippen molar-refractivity contribution in [2.45, 2.75) is 26.5 Å². The molecular weight excluding hydrogens is 676 g/mol. The highest BCUT2D eigenvalue weighted by Gasteiger charge is 2.35. The van der Waals surface area contributed by atoms with Gasteiger partial charge in [0.05, 0.1) is 49.3 Å². The van der Waals surface area contributed by atoms with Gasteiger partial charge in [0.2, 0.25) is 0 Å². The summed E-state index contributed by atoms with van der Waals surface area (Å²) in [5.41, 5.74) is 3.26. The second-order valence-electron chi connectivity index (χ2n) is 11.1. The van der Waals surface area contributed by atoms with E-state index < -0.39 is 12.0 Å². The smallest absolute Gasteiger partial charge is 0.338 e. The molecule has 256 valence electrons. The van der Waals surface area contributed by atoms with Crippen molar-refractivity contribution >= 4 is 40.7 Å². The third-order valence-corrected chi connectivity index (χ3v) is 9.36. The van der Waals surface area contributed by atoms with Gasteiger partial charge in [0.25, 0.3) is 5.56 Å². The average Bonchev–Trinajstić information content (AvgIpc) is 3.45. The average molecular weight is 711 g/mol. The lowest BCUT2D eigenvalue weighted by atomic mass is 9.93. The number of esters is 1. The van der Waals surface area contributed by atoms with E-state index in [0.29, 0.717) is 60.8 Å². The highest BCUT2D eigenvalue weighted by atomic mass is 35.5. The number of carbonyl (C=O) groups is 1. The van der Waals surface area contributed by atoms with Crippen LogP contribution in [0.2, 0.25) is 5.02 Å². The van der Waals surface area contributed by atoms with Crippen molar-refractivity contribution in [3.05, 3.63) is 144 Å². The van der Waals surface area contributed by atoms with Gasteiger partial charge in [-0.15, -0.1) is 0 Å². The molecule has 0 saturated heterocycles. The van der Waals surface area contributed by atoms with Gasteiger partial charge < -0.3 is 23.7 Å². The van der Waals surface area contributed by atoms with Crippen molar-refractivity contribution in [3.8, 4) is 23.0 Å². The van der Waals surface area contributed by atoms with Crippen LogP contribution in [0, 0.1) is 0 Å². The maximum atomic E-state index is 14.4. The largest absolute Gasteiger partial charge is 0.493 e. The maximum Gasteiger partial charge on any atom is 0.338 e. The second-order valence-corrected chi connectivity index (χ2v) is 12.5. The van der Waals surface area contributed by atoms with Gasteiger partial charge in [0.15, 0.2) is 27.8 Å². The Morgan fingerprint density at radius 1 is 0.860 bits per heavy atom. The predicted molar refractivity (Wildman–Crippen MR) is 194 cm³/mol. The minimum Gasteiger partial charge on any atom is -0.493 e. The number of methoxy groups -OCH3 is 2. The van der Waals surface area contributed by atoms with E-state index in [1.54, 1.807) is 36.8 Å². The molecule has 0 fully saturated rings. The minimum atomic E-state index is -0.873. The molecule has 0 aliphatic carbocycles. The van der Waals surface area contributed by atoms with E-state index in [0.717, 1.165) is 11.1 Å². The van der Waals surface area contributed by atoms with Crippen LogP contribution in [0.3, 0.4) is 0 Å². The predicted octanol–water partition coefficient (Wildman–Crippen LogP) is 6.58. The number of rotatable bonds is 12. The van der Waals surface area contributed by atoms with Crippen molar-refractivity contribution in [3.63, 3.8) is 0 Å². The SMILES string of the molecule is CCOC(=O)C1=C(c2ccccc2)N=c2s/c(=C\c3ccc(OCc4ccccc4Cl)c(OCC)c3)c(=O)n2[C@H]1c1ccc(OC)c(OC)c1. The Morgan fingerprint density at radius 2 is 1.60 bits per heavy atom. The van der Waals surface area contributed by atoms with Crippen molar-refractivity contribution in [1.29, 1.82) is 0 Å². The topological polar surface area (TPSA) is 97.6 Å². The summed E-state index contributed by atoms with van der Waals surface area (Å²) < 4.78 is 30.7. The first-order valence-corrected chi connectivity index (χ1v) is 17.2. The first-order chi connectivity index (χ1) is 24.4. The van der Waals surface area contributed by atoms with Crippen molar-refractivity contribution in [1.82, 2.24) is 4.57 Å². The van der Waals surface area contributed by atoms with Crippen molar-refractivity contribution in [2.75, 3.05) is 27.4 Å². The van der Waals surface area contributed by atoms with Crippen LogP contribution in [0.5, 0.6) is 23.0 Å². The lowest BCUT2D eigenvalue weighted by molar-refractivity contribution is -0.138. The second kappa shape index (κ2) is 15.5. The van der Waals surface area contributed by atoms with Gasteiger partial charge >= 0.3 is 5.97 Å². The fraction of sp³-hybridized carbons (Fsp3) is 0.205. The molecule has 2 heterocycles. The molecule has 5 aromatic rings. The standard InChI is InChI=1S/C39H35ClN2O7S/c1-5-47-32-20-24(16-18-30(32)49-23-27-14-10-11-15-28(27)40)21-33-37(43)42-36(26-17-19-29(45-3)31(22-26)46-4)34(38(44)48-6-2)35(41-39(42)50-33)25-12-8-7-9-13-25/h7-22,36H,5-6,23H2,1-4H3/b33-21-/t36-/m0/s1. The van der Waals surface area contributed by atoms with E-state index in [1.807, 2.05) is 85.8 Å². The maximum absolute atomic E-state index is 14.4. The van der Waals surface area contributed by atoms with Crippen molar-refractivity contribution in [2.24, 2.45) is 4.99 Å². The van der Waals surface area contributed by atoms with Gasteiger partial charge in [-0.05, 0) is 61.4 Å². The number of hydrogen-bond donors (Lipinski definition) is 0. The van der Waals surface area contributed by atoms with Crippen LogP contribution in [0.1, 0.15) is 42.1 Å². The number of aromatic nitrogens is 1. The number of ether oxygens (including phenoxy) is 5. The Hall–Kier alpha value is -5.32. The zero-order chi connectivity index (χ0) is 35.2. The Kier molecular flexibility index (Phi) is 10.7. The van der Waals surface area contributed by atoms with E-state index in [2.05, 4.69) is 0 Å².